The minimum atomic E-state index is -3.50. The molecule has 1 N–H and O–H groups in total. The lowest BCUT2D eigenvalue weighted by molar-refractivity contribution is -0.119. The van der Waals surface area contributed by atoms with Crippen molar-refractivity contribution in [1.29, 1.82) is 0 Å². The minimum absolute atomic E-state index is 0.0216. The Morgan fingerprint density at radius 2 is 1.40 bits per heavy atom. The van der Waals surface area contributed by atoms with E-state index in [1.807, 2.05) is 72.8 Å². The fourth-order valence-corrected chi connectivity index (χ4v) is 4.61. The van der Waals surface area contributed by atoms with Gasteiger partial charge >= 0.3 is 0 Å². The molecule has 0 radical (unpaired) electrons. The molecule has 0 heterocycles. The van der Waals surface area contributed by atoms with Gasteiger partial charge in [-0.15, -0.1) is 0 Å². The summed E-state index contributed by atoms with van der Waals surface area (Å²) in [6.07, 6.45) is 1.15. The molecule has 3 aromatic carbocycles. The number of carbonyl (C=O) groups is 1. The van der Waals surface area contributed by atoms with Gasteiger partial charge in [-0.05, 0) is 41.7 Å². The first kappa shape index (κ1) is 22.1. The monoisotopic (exact) mass is 441 g/mol. The van der Waals surface area contributed by atoms with Gasteiger partial charge in [0.1, 0.15) is 5.75 Å². The quantitative estimate of drug-likeness (QED) is 0.528. The maximum atomic E-state index is 12.6. The Hall–Kier alpha value is -2.63. The molecule has 0 saturated heterocycles. The average Bonchev–Trinajstić information content (AvgIpc) is 2.74. The first-order valence-electron chi connectivity index (χ1n) is 9.77. The third-order valence-electron chi connectivity index (χ3n) is 4.76. The van der Waals surface area contributed by atoms with E-state index in [1.165, 1.54) is 0 Å². The zero-order chi connectivity index (χ0) is 21.4. The van der Waals surface area contributed by atoms with Crippen molar-refractivity contribution in [1.82, 2.24) is 5.32 Å². The highest BCUT2D eigenvalue weighted by Crippen LogP contribution is 2.23. The van der Waals surface area contributed by atoms with Gasteiger partial charge in [-0.2, -0.15) is 0 Å². The van der Waals surface area contributed by atoms with Crippen molar-refractivity contribution in [3.8, 4) is 0 Å². The van der Waals surface area contributed by atoms with Crippen LogP contribution in [-0.2, 0) is 21.1 Å². The van der Waals surface area contributed by atoms with Crippen molar-refractivity contribution in [2.24, 2.45) is 0 Å². The van der Waals surface area contributed by atoms with Crippen molar-refractivity contribution < 1.29 is 13.2 Å². The smallest absolute Gasteiger partial charge is 0.235 e. The van der Waals surface area contributed by atoms with Gasteiger partial charge in [0, 0.05) is 5.02 Å². The summed E-state index contributed by atoms with van der Waals surface area (Å²) in [6.45, 7) is 0. The van der Waals surface area contributed by atoms with Crippen LogP contribution in [0.3, 0.4) is 0 Å². The molecule has 0 aromatic heterocycles. The van der Waals surface area contributed by atoms with Crippen molar-refractivity contribution in [3.05, 3.63) is 107 Å². The lowest BCUT2D eigenvalue weighted by Gasteiger charge is -2.20. The minimum Gasteiger partial charge on any atom is -0.344 e. The molecule has 4 nitrogen and oxygen atoms in total. The van der Waals surface area contributed by atoms with Crippen LogP contribution in [0.4, 0.5) is 0 Å². The molecule has 0 aliphatic heterocycles. The maximum Gasteiger partial charge on any atom is 0.235 e. The summed E-state index contributed by atoms with van der Waals surface area (Å²) in [5.74, 6) is -1.07. The summed E-state index contributed by atoms with van der Waals surface area (Å²) in [7, 11) is -3.50. The molecule has 0 saturated carbocycles. The van der Waals surface area contributed by atoms with Crippen LogP contribution in [0.1, 0.15) is 29.2 Å². The molecule has 6 heteroatoms. The standard InChI is InChI=1S/C24H24ClNO3S/c25-22-15-13-21(14-16-22)24(20-11-5-2-6-12-20)26-23(27)18-30(28,29)17-7-10-19-8-3-1-4-9-19/h1-6,8-9,11-16,24H,7,10,17-18H2,(H,26,27). The Morgan fingerprint density at radius 3 is 2.03 bits per heavy atom. The second-order valence-corrected chi connectivity index (χ2v) is 9.76. The van der Waals surface area contributed by atoms with Gasteiger partial charge in [0.2, 0.25) is 5.91 Å². The number of amides is 1. The van der Waals surface area contributed by atoms with Crippen LogP contribution < -0.4 is 5.32 Å². The number of hydrogen-bond acceptors (Lipinski definition) is 3. The van der Waals surface area contributed by atoms with Crippen molar-refractivity contribution >= 4 is 27.3 Å². The van der Waals surface area contributed by atoms with Gasteiger partial charge in [0.25, 0.3) is 0 Å². The molecule has 1 atom stereocenters. The van der Waals surface area contributed by atoms with E-state index < -0.39 is 27.5 Å². The van der Waals surface area contributed by atoms with Crippen LogP contribution in [0.25, 0.3) is 0 Å². The highest BCUT2D eigenvalue weighted by molar-refractivity contribution is 7.92. The largest absolute Gasteiger partial charge is 0.344 e. The van der Waals surface area contributed by atoms with Crippen molar-refractivity contribution in [3.63, 3.8) is 0 Å². The molecule has 0 spiro atoms. The van der Waals surface area contributed by atoms with E-state index in [1.54, 1.807) is 12.1 Å². The van der Waals surface area contributed by atoms with Crippen LogP contribution in [0.2, 0.25) is 5.02 Å². The number of hydrogen-bond donors (Lipinski definition) is 1. The predicted octanol–water partition coefficient (Wildman–Crippen LogP) is 4.59. The van der Waals surface area contributed by atoms with Gasteiger partial charge in [-0.3, -0.25) is 4.79 Å². The van der Waals surface area contributed by atoms with Crippen LogP contribution in [-0.4, -0.2) is 25.8 Å². The number of nitrogens with one attached hydrogen (secondary N) is 1. The molecular formula is C24H24ClNO3S. The topological polar surface area (TPSA) is 63.2 Å². The first-order valence-corrected chi connectivity index (χ1v) is 12.0. The maximum absolute atomic E-state index is 12.6. The Labute approximate surface area is 182 Å². The second kappa shape index (κ2) is 10.4. The van der Waals surface area contributed by atoms with Gasteiger partial charge in [-0.1, -0.05) is 84.4 Å². The zero-order valence-corrected chi connectivity index (χ0v) is 18.1. The van der Waals surface area contributed by atoms with Crippen molar-refractivity contribution in [2.75, 3.05) is 11.5 Å². The average molecular weight is 442 g/mol. The van der Waals surface area contributed by atoms with Gasteiger partial charge in [0.05, 0.1) is 11.8 Å². The zero-order valence-electron chi connectivity index (χ0n) is 16.5. The summed E-state index contributed by atoms with van der Waals surface area (Å²) >= 11 is 5.98. The number of rotatable bonds is 9. The summed E-state index contributed by atoms with van der Waals surface area (Å²) in [5, 5.41) is 3.47. The van der Waals surface area contributed by atoms with E-state index in [2.05, 4.69) is 5.32 Å². The van der Waals surface area contributed by atoms with E-state index in [0.29, 0.717) is 17.9 Å². The number of benzene rings is 3. The molecule has 1 amide bonds. The van der Waals surface area contributed by atoms with E-state index in [9.17, 15) is 13.2 Å². The number of halogens is 1. The Morgan fingerprint density at radius 1 is 0.833 bits per heavy atom. The van der Waals surface area contributed by atoms with Crippen LogP contribution in [0.15, 0.2) is 84.9 Å². The molecule has 0 bridgehead atoms. The molecule has 0 aliphatic carbocycles. The number of aryl methyl sites for hydroxylation is 1. The third-order valence-corrected chi connectivity index (χ3v) is 6.62. The molecule has 3 aromatic rings. The molecule has 0 fully saturated rings. The molecule has 156 valence electrons. The number of sulfone groups is 1. The van der Waals surface area contributed by atoms with Gasteiger partial charge < -0.3 is 5.32 Å². The summed E-state index contributed by atoms with van der Waals surface area (Å²) in [4.78, 5) is 12.6. The SMILES string of the molecule is O=C(CS(=O)(=O)CCCc1ccccc1)NC(c1ccccc1)c1ccc(Cl)cc1. The predicted molar refractivity (Wildman–Crippen MR) is 121 cm³/mol. The van der Waals surface area contributed by atoms with E-state index in [4.69, 9.17) is 11.6 Å². The Balaban J connectivity index is 1.64. The fourth-order valence-electron chi connectivity index (χ4n) is 3.28. The molecule has 0 aliphatic rings. The second-order valence-electron chi connectivity index (χ2n) is 7.14. The van der Waals surface area contributed by atoms with E-state index >= 15 is 0 Å². The van der Waals surface area contributed by atoms with Gasteiger partial charge in [0.15, 0.2) is 9.84 Å². The summed E-state index contributed by atoms with van der Waals surface area (Å²) < 4.78 is 24.9. The lowest BCUT2D eigenvalue weighted by Crippen LogP contribution is -2.34. The first-order chi connectivity index (χ1) is 14.4. The molecule has 30 heavy (non-hydrogen) atoms. The highest BCUT2D eigenvalue weighted by atomic mass is 35.5. The number of carbonyl (C=O) groups excluding carboxylic acids is 1. The lowest BCUT2D eigenvalue weighted by atomic mass is 9.99. The summed E-state index contributed by atoms with van der Waals surface area (Å²) in [6, 6.07) is 25.9. The fraction of sp³-hybridized carbons (Fsp3) is 0.208. The Kier molecular flexibility index (Phi) is 7.66. The van der Waals surface area contributed by atoms with Gasteiger partial charge in [-0.25, -0.2) is 8.42 Å². The normalized spacial score (nSPS) is 12.3. The summed E-state index contributed by atoms with van der Waals surface area (Å²) in [5.41, 5.74) is 2.79. The third kappa shape index (κ3) is 6.71. The van der Waals surface area contributed by atoms with E-state index in [0.717, 1.165) is 16.7 Å². The molecule has 3 rings (SSSR count). The van der Waals surface area contributed by atoms with Crippen LogP contribution in [0.5, 0.6) is 0 Å². The molecule has 1 unspecified atom stereocenters. The van der Waals surface area contributed by atoms with Crippen molar-refractivity contribution in [2.45, 2.75) is 18.9 Å². The van der Waals surface area contributed by atoms with E-state index in [-0.39, 0.29) is 5.75 Å². The highest BCUT2D eigenvalue weighted by Gasteiger charge is 2.21. The molecular weight excluding hydrogens is 418 g/mol. The Bertz CT molecular complexity index is 1050. The van der Waals surface area contributed by atoms with Crippen LogP contribution in [0, 0.1) is 0 Å². The van der Waals surface area contributed by atoms with Crippen LogP contribution >= 0.6 is 11.6 Å².